The number of hydrogen-bond acceptors (Lipinski definition) is 8. The molecule has 0 radical (unpaired) electrons. The quantitative estimate of drug-likeness (QED) is 0.525. The highest BCUT2D eigenvalue weighted by Crippen LogP contribution is 2.26. The third-order valence-corrected chi connectivity index (χ3v) is 4.87. The number of rotatable bonds is 2. The number of ether oxygens (including phenoxy) is 1. The van der Waals surface area contributed by atoms with Gasteiger partial charge in [-0.2, -0.15) is 18.9 Å². The first-order valence-corrected chi connectivity index (χ1v) is 8.26. The van der Waals surface area contributed by atoms with E-state index in [9.17, 15) is 20.1 Å². The van der Waals surface area contributed by atoms with Crippen molar-refractivity contribution in [1.82, 2.24) is 9.47 Å². The molecule has 0 spiro atoms. The van der Waals surface area contributed by atoms with E-state index in [1.54, 1.807) is 6.07 Å². The van der Waals surface area contributed by atoms with E-state index in [0.717, 1.165) is 11.4 Å². The maximum atomic E-state index is 12.9. The van der Waals surface area contributed by atoms with Gasteiger partial charge in [0.05, 0.1) is 12.2 Å². The highest BCUT2D eigenvalue weighted by molar-refractivity contribution is 6.09. The van der Waals surface area contributed by atoms with Crippen molar-refractivity contribution in [3.05, 3.63) is 34.5 Å². The molecular weight excluding hydrogens is 342 g/mol. The van der Waals surface area contributed by atoms with Crippen molar-refractivity contribution in [2.75, 3.05) is 13.7 Å². The first-order chi connectivity index (χ1) is 12.4. The summed E-state index contributed by atoms with van der Waals surface area (Å²) in [5.41, 5.74) is 0.363. The Morgan fingerprint density at radius 2 is 2.12 bits per heavy atom. The zero-order valence-corrected chi connectivity index (χ0v) is 14.3. The maximum absolute atomic E-state index is 12.9. The molecule has 4 atom stereocenters. The van der Waals surface area contributed by atoms with Crippen LogP contribution in [0.1, 0.15) is 13.2 Å². The smallest absolute Gasteiger partial charge is 0.394 e. The SMILES string of the molecule is CC1=NC2=Nc3cc[n+]([C@@H]4O[C@H](CO)[C@@H](O)[C@H]4O)c(=O)n3CC2=CN1C. The lowest BCUT2D eigenvalue weighted by molar-refractivity contribution is -0.781. The Balaban J connectivity index is 1.75. The van der Waals surface area contributed by atoms with Crippen LogP contribution in [0.15, 0.2) is 38.8 Å². The Hall–Kier alpha value is -2.40. The standard InChI is InChI=1S/C16H20N5O5/c1-8-17-14-9(5-19(8)2)6-21-11(18-14)3-4-20(16(21)25)15-13(24)12(23)10(7-22)26-15/h3-5,10,12-13,15,22-24H,6-7H2,1-2H3/q+1/t10-,12-,13-,15-/m1/s1. The second kappa shape index (κ2) is 6.09. The zero-order valence-electron chi connectivity index (χ0n) is 14.3. The van der Waals surface area contributed by atoms with Gasteiger partial charge in [0.2, 0.25) is 12.0 Å². The summed E-state index contributed by atoms with van der Waals surface area (Å²) in [5, 5.41) is 29.3. The zero-order chi connectivity index (χ0) is 18.6. The highest BCUT2D eigenvalue weighted by Gasteiger charge is 2.47. The number of aromatic nitrogens is 2. The predicted molar refractivity (Wildman–Crippen MR) is 90.0 cm³/mol. The number of amidine groups is 2. The van der Waals surface area contributed by atoms with Crippen molar-refractivity contribution in [3.63, 3.8) is 0 Å². The van der Waals surface area contributed by atoms with Gasteiger partial charge in [-0.25, -0.2) is 4.99 Å². The summed E-state index contributed by atoms with van der Waals surface area (Å²) in [7, 11) is 1.87. The van der Waals surface area contributed by atoms with Crippen LogP contribution in [0.25, 0.3) is 0 Å². The maximum Gasteiger partial charge on any atom is 0.502 e. The molecule has 3 N–H and O–H groups in total. The van der Waals surface area contributed by atoms with Gasteiger partial charge < -0.3 is 25.0 Å². The lowest BCUT2D eigenvalue weighted by atomic mass is 10.1. The summed E-state index contributed by atoms with van der Waals surface area (Å²) < 4.78 is 8.11. The molecule has 3 aliphatic rings. The Labute approximate surface area is 148 Å². The molecule has 1 aromatic rings. The first kappa shape index (κ1) is 17.0. The number of hydrogen-bond donors (Lipinski definition) is 3. The van der Waals surface area contributed by atoms with Crippen LogP contribution < -0.4 is 10.3 Å². The molecule has 10 heteroatoms. The van der Waals surface area contributed by atoms with Gasteiger partial charge in [0.25, 0.3) is 0 Å². The molecule has 0 amide bonds. The van der Waals surface area contributed by atoms with Crippen molar-refractivity contribution in [2.24, 2.45) is 9.98 Å². The van der Waals surface area contributed by atoms with E-state index in [1.807, 2.05) is 25.1 Å². The average Bonchev–Trinajstić information content (AvgIpc) is 2.90. The van der Waals surface area contributed by atoms with Gasteiger partial charge in [-0.1, -0.05) is 0 Å². The van der Waals surface area contributed by atoms with Crippen LogP contribution in [-0.4, -0.2) is 68.4 Å². The lowest BCUT2D eigenvalue weighted by Gasteiger charge is -2.23. The molecule has 1 aromatic heterocycles. The summed E-state index contributed by atoms with van der Waals surface area (Å²) in [6, 6.07) is 1.63. The normalized spacial score (nSPS) is 30.3. The van der Waals surface area contributed by atoms with Crippen molar-refractivity contribution in [3.8, 4) is 0 Å². The average molecular weight is 362 g/mol. The topological polar surface area (TPSA) is 124 Å². The molecule has 1 fully saturated rings. The minimum atomic E-state index is -1.32. The van der Waals surface area contributed by atoms with Gasteiger partial charge in [0.1, 0.15) is 36.9 Å². The van der Waals surface area contributed by atoms with E-state index in [1.165, 1.54) is 15.3 Å². The Morgan fingerprint density at radius 3 is 2.81 bits per heavy atom. The van der Waals surface area contributed by atoms with Crippen LogP contribution in [-0.2, 0) is 11.3 Å². The summed E-state index contributed by atoms with van der Waals surface area (Å²) in [5.74, 6) is 1.83. The molecule has 138 valence electrons. The van der Waals surface area contributed by atoms with Crippen LogP contribution in [0.2, 0.25) is 0 Å². The van der Waals surface area contributed by atoms with Crippen molar-refractivity contribution in [1.29, 1.82) is 0 Å². The van der Waals surface area contributed by atoms with Crippen LogP contribution in [0.5, 0.6) is 0 Å². The second-order valence-electron chi connectivity index (χ2n) is 6.54. The Morgan fingerprint density at radius 1 is 1.35 bits per heavy atom. The minimum absolute atomic E-state index is 0.282. The number of aliphatic hydroxyl groups is 3. The van der Waals surface area contributed by atoms with Crippen LogP contribution >= 0.6 is 0 Å². The molecule has 3 aliphatic heterocycles. The van der Waals surface area contributed by atoms with Crippen molar-refractivity contribution < 1.29 is 24.6 Å². The third kappa shape index (κ3) is 2.50. The molecule has 1 saturated heterocycles. The van der Waals surface area contributed by atoms with Crippen LogP contribution in [0.4, 0.5) is 5.82 Å². The van der Waals surface area contributed by atoms with E-state index in [-0.39, 0.29) is 6.54 Å². The number of nitrogens with zero attached hydrogens (tertiary/aromatic N) is 5. The first-order valence-electron chi connectivity index (χ1n) is 8.26. The van der Waals surface area contributed by atoms with Gasteiger partial charge in [-0.3, -0.25) is 0 Å². The highest BCUT2D eigenvalue weighted by atomic mass is 16.6. The Kier molecular flexibility index (Phi) is 3.99. The van der Waals surface area contributed by atoms with Crippen LogP contribution in [0.3, 0.4) is 0 Å². The summed E-state index contributed by atoms with van der Waals surface area (Å²) in [6.45, 7) is 1.70. The van der Waals surface area contributed by atoms with E-state index < -0.39 is 36.8 Å². The fourth-order valence-corrected chi connectivity index (χ4v) is 3.26. The van der Waals surface area contributed by atoms with Gasteiger partial charge >= 0.3 is 5.69 Å². The molecule has 0 saturated carbocycles. The summed E-state index contributed by atoms with van der Waals surface area (Å²) in [4.78, 5) is 23.6. The molecular formula is C16H20N5O5+. The molecule has 0 bridgehead atoms. The van der Waals surface area contributed by atoms with Gasteiger partial charge in [-0.05, 0) is 6.92 Å². The summed E-state index contributed by atoms with van der Waals surface area (Å²) in [6.07, 6.45) is -1.28. The summed E-state index contributed by atoms with van der Waals surface area (Å²) >= 11 is 0. The molecule has 0 aliphatic carbocycles. The largest absolute Gasteiger partial charge is 0.502 e. The second-order valence-corrected chi connectivity index (χ2v) is 6.54. The molecule has 10 nitrogen and oxygen atoms in total. The predicted octanol–water partition coefficient (Wildman–Crippen LogP) is -1.96. The fraction of sp³-hybridized carbons (Fsp3) is 0.500. The van der Waals surface area contributed by atoms with Gasteiger partial charge in [-0.15, -0.1) is 0 Å². The van der Waals surface area contributed by atoms with Crippen LogP contribution in [0, 0.1) is 0 Å². The molecule has 0 aromatic carbocycles. The van der Waals surface area contributed by atoms with E-state index in [0.29, 0.717) is 11.7 Å². The minimum Gasteiger partial charge on any atom is -0.394 e. The number of fused-ring (bicyclic) bond motifs is 2. The van der Waals surface area contributed by atoms with E-state index in [2.05, 4.69) is 9.98 Å². The third-order valence-electron chi connectivity index (χ3n) is 4.87. The Bertz CT molecular complexity index is 905. The van der Waals surface area contributed by atoms with Crippen molar-refractivity contribution >= 4 is 17.5 Å². The van der Waals surface area contributed by atoms with Crippen molar-refractivity contribution in [2.45, 2.75) is 38.0 Å². The van der Waals surface area contributed by atoms with Gasteiger partial charge in [0, 0.05) is 19.3 Å². The van der Waals surface area contributed by atoms with E-state index in [4.69, 9.17) is 4.74 Å². The van der Waals surface area contributed by atoms with Gasteiger partial charge in [0.15, 0.2) is 5.84 Å². The van der Waals surface area contributed by atoms with E-state index >= 15 is 0 Å². The molecule has 4 heterocycles. The molecule has 26 heavy (non-hydrogen) atoms. The fourth-order valence-electron chi connectivity index (χ4n) is 3.26. The lowest BCUT2D eigenvalue weighted by Crippen LogP contribution is -2.60. The monoisotopic (exact) mass is 362 g/mol. The number of aliphatic imine (C=N–C) groups is 2. The molecule has 0 unspecified atom stereocenters. The molecule has 4 rings (SSSR count). The number of aliphatic hydroxyl groups excluding tert-OH is 3.